The Hall–Kier alpha value is -1.07. The average molecular weight is 241 g/mol. The van der Waals surface area contributed by atoms with Crippen LogP contribution in [0.15, 0.2) is 22.0 Å². The van der Waals surface area contributed by atoms with Crippen molar-refractivity contribution in [1.29, 1.82) is 0 Å². The van der Waals surface area contributed by atoms with Crippen LogP contribution in [0.1, 0.15) is 12.5 Å². The molecule has 16 heavy (non-hydrogen) atoms. The minimum absolute atomic E-state index is 0.0810. The molecule has 0 aliphatic heterocycles. The van der Waals surface area contributed by atoms with Crippen LogP contribution in [0.25, 0.3) is 0 Å². The van der Waals surface area contributed by atoms with Gasteiger partial charge in [0, 0.05) is 19.0 Å². The summed E-state index contributed by atoms with van der Waals surface area (Å²) in [4.78, 5) is 2.19. The normalized spacial score (nSPS) is 14.3. The zero-order valence-corrected chi connectivity index (χ0v) is 10.6. The minimum Gasteiger partial charge on any atom is -0.409 e. The van der Waals surface area contributed by atoms with E-state index in [9.17, 15) is 0 Å². The first-order valence-corrected chi connectivity index (χ1v) is 6.24. The van der Waals surface area contributed by atoms with Crippen molar-refractivity contribution in [2.75, 3.05) is 20.1 Å². The molecule has 1 rings (SSSR count). The number of likely N-dealkylation sites (N-methyl/N-ethyl adjacent to an activating group) is 1. The largest absolute Gasteiger partial charge is 0.409 e. The molecule has 1 aromatic heterocycles. The van der Waals surface area contributed by atoms with Crippen LogP contribution in [0, 0.1) is 5.92 Å². The minimum atomic E-state index is 0.0810. The van der Waals surface area contributed by atoms with Crippen LogP contribution < -0.4 is 5.73 Å². The molecule has 0 saturated heterocycles. The maximum atomic E-state index is 8.54. The Labute approximate surface area is 100 Å². The SMILES string of the molecule is CC(CN(C)CCc1ccsc1)C(N)=NO. The van der Waals surface area contributed by atoms with Crippen molar-refractivity contribution in [1.82, 2.24) is 4.90 Å². The topological polar surface area (TPSA) is 61.8 Å². The molecule has 0 saturated carbocycles. The number of hydrogen-bond acceptors (Lipinski definition) is 4. The second-order valence-electron chi connectivity index (χ2n) is 4.07. The summed E-state index contributed by atoms with van der Waals surface area (Å²) in [5.74, 6) is 0.375. The highest BCUT2D eigenvalue weighted by molar-refractivity contribution is 7.07. The Balaban J connectivity index is 2.28. The molecule has 4 nitrogen and oxygen atoms in total. The maximum absolute atomic E-state index is 8.54. The summed E-state index contributed by atoms with van der Waals surface area (Å²) in [5.41, 5.74) is 6.90. The molecule has 0 aromatic carbocycles. The van der Waals surface area contributed by atoms with Crippen LogP contribution in [0.3, 0.4) is 0 Å². The molecule has 0 bridgehead atoms. The van der Waals surface area contributed by atoms with E-state index >= 15 is 0 Å². The number of amidine groups is 1. The van der Waals surface area contributed by atoms with Crippen molar-refractivity contribution in [3.05, 3.63) is 22.4 Å². The zero-order valence-electron chi connectivity index (χ0n) is 9.76. The van der Waals surface area contributed by atoms with Crippen molar-refractivity contribution in [3.63, 3.8) is 0 Å². The van der Waals surface area contributed by atoms with E-state index in [2.05, 4.69) is 26.9 Å². The van der Waals surface area contributed by atoms with Gasteiger partial charge < -0.3 is 15.8 Å². The van der Waals surface area contributed by atoms with Gasteiger partial charge in [0.15, 0.2) is 0 Å². The van der Waals surface area contributed by atoms with E-state index in [0.717, 1.165) is 19.5 Å². The van der Waals surface area contributed by atoms with Gasteiger partial charge in [0.2, 0.25) is 0 Å². The number of rotatable bonds is 6. The summed E-state index contributed by atoms with van der Waals surface area (Å²) in [6.45, 7) is 3.75. The Bertz CT molecular complexity index is 324. The van der Waals surface area contributed by atoms with E-state index in [4.69, 9.17) is 10.9 Å². The summed E-state index contributed by atoms with van der Waals surface area (Å²) in [6, 6.07) is 2.14. The predicted octanol–water partition coefficient (Wildman–Crippen LogP) is 1.60. The fraction of sp³-hybridized carbons (Fsp3) is 0.545. The molecular weight excluding hydrogens is 222 g/mol. The van der Waals surface area contributed by atoms with E-state index in [1.807, 2.05) is 14.0 Å². The second-order valence-corrected chi connectivity index (χ2v) is 4.85. The van der Waals surface area contributed by atoms with Crippen molar-refractivity contribution < 1.29 is 5.21 Å². The van der Waals surface area contributed by atoms with Gasteiger partial charge in [-0.1, -0.05) is 12.1 Å². The first-order valence-electron chi connectivity index (χ1n) is 5.30. The predicted molar refractivity (Wildman–Crippen MR) is 68.1 cm³/mol. The molecule has 0 spiro atoms. The summed E-state index contributed by atoms with van der Waals surface area (Å²) in [5, 5.41) is 15.8. The quantitative estimate of drug-likeness (QED) is 0.344. The van der Waals surface area contributed by atoms with Crippen LogP contribution >= 0.6 is 11.3 Å². The molecule has 90 valence electrons. The van der Waals surface area contributed by atoms with Gasteiger partial charge in [0.1, 0.15) is 5.84 Å². The third-order valence-corrected chi connectivity index (χ3v) is 3.30. The number of nitrogens with zero attached hydrogens (tertiary/aromatic N) is 2. The van der Waals surface area contributed by atoms with Crippen molar-refractivity contribution in [2.24, 2.45) is 16.8 Å². The molecule has 1 heterocycles. The van der Waals surface area contributed by atoms with Crippen molar-refractivity contribution in [3.8, 4) is 0 Å². The molecule has 0 aliphatic rings. The third-order valence-electron chi connectivity index (χ3n) is 2.57. The summed E-state index contributed by atoms with van der Waals surface area (Å²) >= 11 is 1.72. The van der Waals surface area contributed by atoms with E-state index in [-0.39, 0.29) is 5.92 Å². The molecule has 0 radical (unpaired) electrons. The first kappa shape index (κ1) is 13.0. The highest BCUT2D eigenvalue weighted by Gasteiger charge is 2.10. The lowest BCUT2D eigenvalue weighted by molar-refractivity contribution is 0.296. The zero-order chi connectivity index (χ0) is 12.0. The standard InChI is InChI=1S/C11H19N3OS/c1-9(11(12)13-15)7-14(2)5-3-10-4-6-16-8-10/h4,6,8-9,15H,3,5,7H2,1-2H3,(H2,12,13). The number of oxime groups is 1. The smallest absolute Gasteiger partial charge is 0.143 e. The van der Waals surface area contributed by atoms with Crippen LogP contribution in [0.4, 0.5) is 0 Å². The highest BCUT2D eigenvalue weighted by Crippen LogP contribution is 2.07. The van der Waals surface area contributed by atoms with E-state index in [0.29, 0.717) is 5.84 Å². The van der Waals surface area contributed by atoms with Gasteiger partial charge in [-0.25, -0.2) is 0 Å². The van der Waals surface area contributed by atoms with Crippen LogP contribution in [-0.4, -0.2) is 36.1 Å². The summed E-state index contributed by atoms with van der Waals surface area (Å²) < 4.78 is 0. The summed E-state index contributed by atoms with van der Waals surface area (Å²) in [7, 11) is 2.05. The van der Waals surface area contributed by atoms with E-state index in [1.165, 1.54) is 5.56 Å². The lowest BCUT2D eigenvalue weighted by atomic mass is 10.1. The molecule has 0 aliphatic carbocycles. The fourth-order valence-corrected chi connectivity index (χ4v) is 2.21. The van der Waals surface area contributed by atoms with Crippen LogP contribution in [0.2, 0.25) is 0 Å². The highest BCUT2D eigenvalue weighted by atomic mass is 32.1. The molecule has 1 unspecified atom stereocenters. The van der Waals surface area contributed by atoms with E-state index in [1.54, 1.807) is 11.3 Å². The van der Waals surface area contributed by atoms with Crippen molar-refractivity contribution in [2.45, 2.75) is 13.3 Å². The van der Waals surface area contributed by atoms with Gasteiger partial charge in [-0.05, 0) is 35.9 Å². The Morgan fingerprint density at radius 1 is 1.69 bits per heavy atom. The average Bonchev–Trinajstić information content (AvgIpc) is 2.78. The Kier molecular flexibility index (Phi) is 5.28. The molecular formula is C11H19N3OS. The Morgan fingerprint density at radius 2 is 2.44 bits per heavy atom. The summed E-state index contributed by atoms with van der Waals surface area (Å²) in [6.07, 6.45) is 1.04. The van der Waals surface area contributed by atoms with Gasteiger partial charge in [0.25, 0.3) is 0 Å². The van der Waals surface area contributed by atoms with Gasteiger partial charge >= 0.3 is 0 Å². The molecule has 1 atom stereocenters. The Morgan fingerprint density at radius 3 is 3.00 bits per heavy atom. The lowest BCUT2D eigenvalue weighted by Crippen LogP contribution is -2.33. The molecule has 0 amide bonds. The van der Waals surface area contributed by atoms with E-state index < -0.39 is 0 Å². The monoisotopic (exact) mass is 241 g/mol. The van der Waals surface area contributed by atoms with Gasteiger partial charge in [-0.3, -0.25) is 0 Å². The maximum Gasteiger partial charge on any atom is 0.143 e. The number of hydrogen-bond donors (Lipinski definition) is 2. The first-order chi connectivity index (χ1) is 7.63. The fourth-order valence-electron chi connectivity index (χ4n) is 1.51. The third kappa shape index (κ3) is 4.20. The van der Waals surface area contributed by atoms with Gasteiger partial charge in [0.05, 0.1) is 0 Å². The lowest BCUT2D eigenvalue weighted by Gasteiger charge is -2.20. The number of thiophene rings is 1. The molecule has 3 N–H and O–H groups in total. The second kappa shape index (κ2) is 6.50. The molecule has 1 aromatic rings. The molecule has 0 fully saturated rings. The molecule has 5 heteroatoms. The van der Waals surface area contributed by atoms with Gasteiger partial charge in [-0.15, -0.1) is 0 Å². The van der Waals surface area contributed by atoms with Gasteiger partial charge in [-0.2, -0.15) is 11.3 Å². The number of nitrogens with two attached hydrogens (primary N) is 1. The van der Waals surface area contributed by atoms with Crippen LogP contribution in [0.5, 0.6) is 0 Å². The van der Waals surface area contributed by atoms with Crippen molar-refractivity contribution >= 4 is 17.2 Å². The van der Waals surface area contributed by atoms with Crippen LogP contribution in [-0.2, 0) is 6.42 Å².